The lowest BCUT2D eigenvalue weighted by molar-refractivity contribution is -0.170. The molecule has 7 heteroatoms. The number of amides is 1. The van der Waals surface area contributed by atoms with E-state index in [4.69, 9.17) is 10.5 Å². The third-order valence-corrected chi connectivity index (χ3v) is 5.61. The Hall–Kier alpha value is -0.0700. The second-order valence-corrected chi connectivity index (χ2v) is 7.30. The number of nitrogens with one attached hydrogen (secondary N) is 1. The van der Waals surface area contributed by atoms with Crippen molar-refractivity contribution >= 4 is 30.7 Å². The van der Waals surface area contributed by atoms with Gasteiger partial charge in [-0.1, -0.05) is 13.8 Å². The maximum Gasteiger partial charge on any atom is 0.240 e. The molecular formula is C16H33Cl2N3O2. The van der Waals surface area contributed by atoms with Crippen LogP contribution in [0.2, 0.25) is 0 Å². The first-order chi connectivity index (χ1) is 9.74. The minimum Gasteiger partial charge on any atom is -0.378 e. The fourth-order valence-electron chi connectivity index (χ4n) is 3.20. The van der Waals surface area contributed by atoms with Gasteiger partial charge in [-0.2, -0.15) is 0 Å². The van der Waals surface area contributed by atoms with Crippen molar-refractivity contribution in [1.82, 2.24) is 10.2 Å². The summed E-state index contributed by atoms with van der Waals surface area (Å²) in [6.07, 6.45) is 3.23. The summed E-state index contributed by atoms with van der Waals surface area (Å²) in [5.41, 5.74) is 5.24. The summed E-state index contributed by atoms with van der Waals surface area (Å²) in [7, 11) is 2.13. The maximum absolute atomic E-state index is 12.5. The van der Waals surface area contributed by atoms with E-state index in [2.05, 4.69) is 24.2 Å². The maximum atomic E-state index is 12.5. The van der Waals surface area contributed by atoms with E-state index in [1.807, 2.05) is 20.8 Å². The topological polar surface area (TPSA) is 67.6 Å². The van der Waals surface area contributed by atoms with E-state index < -0.39 is 5.54 Å². The fourth-order valence-corrected chi connectivity index (χ4v) is 3.20. The molecule has 138 valence electrons. The van der Waals surface area contributed by atoms with Crippen LogP contribution in [0.3, 0.4) is 0 Å². The van der Waals surface area contributed by atoms with Crippen LogP contribution in [-0.4, -0.2) is 54.7 Å². The Morgan fingerprint density at radius 1 is 1.39 bits per heavy atom. The molecule has 3 N–H and O–H groups in total. The summed E-state index contributed by atoms with van der Waals surface area (Å²) in [6.45, 7) is 9.49. The SMILES string of the molecule is CCOC1CC(N)(C(=O)NCC(C)N(C)C2CC2)C1(C)C.Cl.Cl. The van der Waals surface area contributed by atoms with Crippen molar-refractivity contribution in [3.8, 4) is 0 Å². The quantitative estimate of drug-likeness (QED) is 0.719. The first-order valence-corrected chi connectivity index (χ1v) is 8.14. The van der Waals surface area contributed by atoms with Crippen LogP contribution in [0.1, 0.15) is 47.0 Å². The fraction of sp³-hybridized carbons (Fsp3) is 0.938. The molecule has 0 aliphatic heterocycles. The number of halogens is 2. The highest BCUT2D eigenvalue weighted by Gasteiger charge is 2.62. The molecule has 0 bridgehead atoms. The summed E-state index contributed by atoms with van der Waals surface area (Å²) < 4.78 is 5.67. The molecule has 2 saturated carbocycles. The number of likely N-dealkylation sites (N-methyl/N-ethyl adjacent to an activating group) is 1. The lowest BCUT2D eigenvalue weighted by Crippen LogP contribution is -2.76. The highest BCUT2D eigenvalue weighted by molar-refractivity contribution is 5.88. The lowest BCUT2D eigenvalue weighted by Gasteiger charge is -2.57. The van der Waals surface area contributed by atoms with Crippen LogP contribution in [0.25, 0.3) is 0 Å². The van der Waals surface area contributed by atoms with Crippen LogP contribution in [-0.2, 0) is 9.53 Å². The van der Waals surface area contributed by atoms with Gasteiger partial charge in [-0.25, -0.2) is 0 Å². The van der Waals surface area contributed by atoms with Crippen molar-refractivity contribution in [2.24, 2.45) is 11.1 Å². The molecule has 2 fully saturated rings. The zero-order chi connectivity index (χ0) is 15.8. The van der Waals surface area contributed by atoms with E-state index in [0.29, 0.717) is 31.7 Å². The summed E-state index contributed by atoms with van der Waals surface area (Å²) in [6, 6.07) is 1.04. The van der Waals surface area contributed by atoms with E-state index >= 15 is 0 Å². The number of nitrogens with two attached hydrogens (primary N) is 1. The molecule has 23 heavy (non-hydrogen) atoms. The van der Waals surface area contributed by atoms with Crippen LogP contribution in [0.5, 0.6) is 0 Å². The number of rotatable bonds is 7. The largest absolute Gasteiger partial charge is 0.378 e. The second-order valence-electron chi connectivity index (χ2n) is 7.30. The summed E-state index contributed by atoms with van der Waals surface area (Å²) >= 11 is 0. The van der Waals surface area contributed by atoms with Gasteiger partial charge in [0.25, 0.3) is 0 Å². The summed E-state index contributed by atoms with van der Waals surface area (Å²) in [5.74, 6) is -0.0421. The summed E-state index contributed by atoms with van der Waals surface area (Å²) in [4.78, 5) is 14.9. The molecule has 2 aliphatic rings. The smallest absolute Gasteiger partial charge is 0.240 e. The highest BCUT2D eigenvalue weighted by Crippen LogP contribution is 2.49. The Morgan fingerprint density at radius 2 is 1.96 bits per heavy atom. The normalized spacial score (nSPS) is 29.8. The Kier molecular flexibility index (Phi) is 8.32. The van der Waals surface area contributed by atoms with Gasteiger partial charge < -0.3 is 15.8 Å². The average Bonchev–Trinajstić information content (AvgIpc) is 3.27. The van der Waals surface area contributed by atoms with E-state index in [0.717, 1.165) is 0 Å². The second kappa shape index (κ2) is 8.34. The number of carbonyl (C=O) groups is 1. The molecule has 3 unspecified atom stereocenters. The standard InChI is InChI=1S/C16H31N3O2.2ClH/c1-6-21-13-9-16(17,15(13,3)4)14(20)18-10-11(2)19(5)12-7-8-12;;/h11-13H,6-10,17H2,1-5H3,(H,18,20);2*1H. The van der Waals surface area contributed by atoms with E-state index in [1.54, 1.807) is 0 Å². The molecule has 1 amide bonds. The van der Waals surface area contributed by atoms with Gasteiger partial charge in [-0.05, 0) is 33.7 Å². The minimum atomic E-state index is -0.815. The van der Waals surface area contributed by atoms with Crippen LogP contribution in [0.4, 0.5) is 0 Å². The van der Waals surface area contributed by atoms with Crippen molar-refractivity contribution < 1.29 is 9.53 Å². The third kappa shape index (κ3) is 4.31. The Bertz CT molecular complexity index is 405. The number of carbonyl (C=O) groups excluding carboxylic acids is 1. The molecule has 0 radical (unpaired) electrons. The molecule has 5 nitrogen and oxygen atoms in total. The van der Waals surface area contributed by atoms with Crippen molar-refractivity contribution in [3.63, 3.8) is 0 Å². The van der Waals surface area contributed by atoms with Gasteiger partial charge in [0.2, 0.25) is 5.91 Å². The number of nitrogens with zero attached hydrogens (tertiary/aromatic N) is 1. The van der Waals surface area contributed by atoms with Gasteiger partial charge in [0.1, 0.15) is 5.54 Å². The predicted molar refractivity (Wildman–Crippen MR) is 98.5 cm³/mol. The zero-order valence-electron chi connectivity index (χ0n) is 14.9. The molecular weight excluding hydrogens is 337 g/mol. The van der Waals surface area contributed by atoms with Crippen LogP contribution >= 0.6 is 24.8 Å². The summed E-state index contributed by atoms with van der Waals surface area (Å²) in [5, 5.41) is 3.05. The molecule has 0 aromatic carbocycles. The van der Waals surface area contributed by atoms with E-state index in [9.17, 15) is 4.79 Å². The minimum absolute atomic E-state index is 0. The first kappa shape index (κ1) is 22.9. The van der Waals surface area contributed by atoms with Gasteiger partial charge in [-0.3, -0.25) is 9.69 Å². The number of hydrogen-bond donors (Lipinski definition) is 2. The van der Waals surface area contributed by atoms with Gasteiger partial charge in [0, 0.05) is 37.1 Å². The van der Waals surface area contributed by atoms with Gasteiger partial charge in [-0.15, -0.1) is 24.8 Å². The molecule has 2 rings (SSSR count). The highest BCUT2D eigenvalue weighted by atomic mass is 35.5. The van der Waals surface area contributed by atoms with Crippen LogP contribution < -0.4 is 11.1 Å². The molecule has 0 spiro atoms. The van der Waals surface area contributed by atoms with Crippen molar-refractivity contribution in [1.29, 1.82) is 0 Å². The number of ether oxygens (including phenoxy) is 1. The molecule has 0 saturated heterocycles. The number of hydrogen-bond acceptors (Lipinski definition) is 4. The first-order valence-electron chi connectivity index (χ1n) is 8.14. The van der Waals surface area contributed by atoms with Gasteiger partial charge in [0.15, 0.2) is 0 Å². The van der Waals surface area contributed by atoms with Crippen LogP contribution in [0, 0.1) is 5.41 Å². The van der Waals surface area contributed by atoms with Crippen molar-refractivity contribution in [2.75, 3.05) is 20.2 Å². The zero-order valence-corrected chi connectivity index (χ0v) is 16.6. The monoisotopic (exact) mass is 369 g/mol. The molecule has 0 aromatic rings. The average molecular weight is 370 g/mol. The molecule has 0 aromatic heterocycles. The Labute approximate surface area is 152 Å². The van der Waals surface area contributed by atoms with Crippen molar-refractivity contribution in [2.45, 2.75) is 70.7 Å². The Balaban J connectivity index is 0.00000242. The lowest BCUT2D eigenvalue weighted by atomic mass is 9.54. The van der Waals surface area contributed by atoms with Crippen molar-refractivity contribution in [3.05, 3.63) is 0 Å². The molecule has 0 heterocycles. The van der Waals surface area contributed by atoms with E-state index in [-0.39, 0.29) is 42.2 Å². The Morgan fingerprint density at radius 3 is 2.39 bits per heavy atom. The van der Waals surface area contributed by atoms with Crippen LogP contribution in [0.15, 0.2) is 0 Å². The molecule has 3 atom stereocenters. The van der Waals surface area contributed by atoms with Gasteiger partial charge in [0.05, 0.1) is 6.10 Å². The third-order valence-electron chi connectivity index (χ3n) is 5.61. The van der Waals surface area contributed by atoms with E-state index in [1.165, 1.54) is 12.8 Å². The van der Waals surface area contributed by atoms with Gasteiger partial charge >= 0.3 is 0 Å². The molecule has 2 aliphatic carbocycles. The predicted octanol–water partition coefficient (Wildman–Crippen LogP) is 1.96.